The molecule has 2 aromatic carbocycles. The Hall–Kier alpha value is -2.96. The minimum Gasteiger partial charge on any atom is -0.480 e. The van der Waals surface area contributed by atoms with E-state index in [2.05, 4.69) is 4.90 Å². The lowest BCUT2D eigenvalue weighted by Crippen LogP contribution is -2.51. The standard InChI is InChI=1S/C29H36N2O4/c1-3-10-25-27(32)29(28(33)34,15-18-31-16-7-8-17-31)21(2)26(30-25)20-22-11-9-14-24(19-22)35-23-12-5-4-6-13-23/h4-6,9,11-14,19,27,32H,3,7-8,10,15-18,20H2,1-2H3,(H,33,34). The number of carbonyl (C=O) groups is 1. The first-order valence-corrected chi connectivity index (χ1v) is 12.7. The number of benzene rings is 2. The summed E-state index contributed by atoms with van der Waals surface area (Å²) in [6, 6.07) is 17.4. The Balaban J connectivity index is 1.65. The van der Waals surface area contributed by atoms with E-state index in [1.807, 2.05) is 68.4 Å². The van der Waals surface area contributed by atoms with E-state index in [4.69, 9.17) is 9.73 Å². The molecule has 0 spiro atoms. The van der Waals surface area contributed by atoms with Crippen molar-refractivity contribution in [2.24, 2.45) is 10.4 Å². The van der Waals surface area contributed by atoms with Gasteiger partial charge in [0.15, 0.2) is 0 Å². The molecule has 4 rings (SSSR count). The van der Waals surface area contributed by atoms with Gasteiger partial charge in [0.1, 0.15) is 23.0 Å². The summed E-state index contributed by atoms with van der Waals surface area (Å²) in [5.41, 5.74) is 1.60. The molecule has 0 amide bonds. The summed E-state index contributed by atoms with van der Waals surface area (Å²) in [5.74, 6) is 0.513. The number of aliphatic hydroxyl groups is 1. The number of ether oxygens (including phenoxy) is 1. The van der Waals surface area contributed by atoms with Crippen LogP contribution >= 0.6 is 0 Å². The van der Waals surface area contributed by atoms with Gasteiger partial charge in [-0.25, -0.2) is 0 Å². The molecule has 2 heterocycles. The average molecular weight is 477 g/mol. The fourth-order valence-corrected chi connectivity index (χ4v) is 5.27. The van der Waals surface area contributed by atoms with Gasteiger partial charge in [-0.2, -0.15) is 0 Å². The Morgan fingerprint density at radius 2 is 1.83 bits per heavy atom. The topological polar surface area (TPSA) is 82.4 Å². The zero-order valence-electron chi connectivity index (χ0n) is 20.7. The lowest BCUT2D eigenvalue weighted by Gasteiger charge is -2.40. The molecule has 186 valence electrons. The maximum Gasteiger partial charge on any atom is 0.316 e. The number of carboxylic acid groups (broad SMARTS) is 1. The van der Waals surface area contributed by atoms with Crippen molar-refractivity contribution >= 4 is 11.7 Å². The Morgan fingerprint density at radius 3 is 2.51 bits per heavy atom. The van der Waals surface area contributed by atoms with Gasteiger partial charge in [0.25, 0.3) is 0 Å². The molecule has 0 saturated carbocycles. The number of rotatable bonds is 10. The minimum atomic E-state index is -1.36. The highest BCUT2D eigenvalue weighted by atomic mass is 16.5. The summed E-state index contributed by atoms with van der Waals surface area (Å²) in [6.45, 7) is 6.51. The van der Waals surface area contributed by atoms with E-state index in [0.29, 0.717) is 37.1 Å². The fraction of sp³-hybridized carbons (Fsp3) is 0.448. The zero-order valence-corrected chi connectivity index (χ0v) is 20.7. The first kappa shape index (κ1) is 25.1. The normalized spacial score (nSPS) is 22.8. The Labute approximate surface area is 208 Å². The van der Waals surface area contributed by atoms with Crippen molar-refractivity contribution in [1.82, 2.24) is 4.90 Å². The van der Waals surface area contributed by atoms with Gasteiger partial charge in [-0.05, 0) is 87.6 Å². The zero-order chi connectivity index (χ0) is 24.8. The number of aliphatic hydroxyl groups excluding tert-OH is 1. The van der Waals surface area contributed by atoms with Crippen molar-refractivity contribution in [3.63, 3.8) is 0 Å². The monoisotopic (exact) mass is 476 g/mol. The number of para-hydroxylation sites is 1. The molecule has 0 aliphatic carbocycles. The van der Waals surface area contributed by atoms with Crippen LogP contribution < -0.4 is 4.74 Å². The van der Waals surface area contributed by atoms with Crippen molar-refractivity contribution < 1.29 is 19.7 Å². The quantitative estimate of drug-likeness (QED) is 0.475. The lowest BCUT2D eigenvalue weighted by molar-refractivity contribution is -0.151. The molecule has 0 radical (unpaired) electrons. The first-order valence-electron chi connectivity index (χ1n) is 12.7. The third-order valence-corrected chi connectivity index (χ3v) is 7.32. The van der Waals surface area contributed by atoms with Crippen LogP contribution in [0.5, 0.6) is 11.5 Å². The highest BCUT2D eigenvalue weighted by Crippen LogP contribution is 2.43. The van der Waals surface area contributed by atoms with Crippen molar-refractivity contribution in [1.29, 1.82) is 0 Å². The van der Waals surface area contributed by atoms with Gasteiger partial charge in [-0.3, -0.25) is 9.79 Å². The third-order valence-electron chi connectivity index (χ3n) is 7.32. The molecule has 6 heteroatoms. The van der Waals surface area contributed by atoms with E-state index in [-0.39, 0.29) is 0 Å². The van der Waals surface area contributed by atoms with Crippen molar-refractivity contribution in [2.75, 3.05) is 19.6 Å². The van der Waals surface area contributed by atoms with Gasteiger partial charge >= 0.3 is 5.97 Å². The predicted octanol–water partition coefficient (Wildman–Crippen LogP) is 5.47. The molecule has 2 N–H and O–H groups in total. The van der Waals surface area contributed by atoms with Crippen LogP contribution in [0.2, 0.25) is 0 Å². The van der Waals surface area contributed by atoms with E-state index in [1.54, 1.807) is 0 Å². The molecule has 1 saturated heterocycles. The van der Waals surface area contributed by atoms with Crippen LogP contribution in [0.1, 0.15) is 51.5 Å². The van der Waals surface area contributed by atoms with Crippen LogP contribution in [-0.4, -0.2) is 52.5 Å². The number of aliphatic carboxylic acids is 1. The molecule has 2 unspecified atom stereocenters. The summed E-state index contributed by atoms with van der Waals surface area (Å²) in [7, 11) is 0. The number of carboxylic acids is 1. The van der Waals surface area contributed by atoms with E-state index in [1.165, 1.54) is 0 Å². The summed E-state index contributed by atoms with van der Waals surface area (Å²) in [6.07, 6.45) is 3.41. The van der Waals surface area contributed by atoms with Crippen LogP contribution in [0.3, 0.4) is 0 Å². The maximum absolute atomic E-state index is 12.8. The molecule has 2 aromatic rings. The van der Waals surface area contributed by atoms with Crippen LogP contribution in [0.15, 0.2) is 70.9 Å². The van der Waals surface area contributed by atoms with Crippen molar-refractivity contribution in [2.45, 2.75) is 58.5 Å². The number of allylic oxidation sites excluding steroid dienone is 1. The second-order valence-electron chi connectivity index (χ2n) is 9.64. The van der Waals surface area contributed by atoms with Crippen LogP contribution in [0.4, 0.5) is 0 Å². The highest BCUT2D eigenvalue weighted by Gasteiger charge is 2.51. The summed E-state index contributed by atoms with van der Waals surface area (Å²) in [5, 5.41) is 21.8. The van der Waals surface area contributed by atoms with E-state index < -0.39 is 17.5 Å². The number of hydrogen-bond acceptors (Lipinski definition) is 5. The van der Waals surface area contributed by atoms with Gasteiger partial charge in [0.2, 0.25) is 0 Å². The van der Waals surface area contributed by atoms with Gasteiger partial charge in [0, 0.05) is 17.8 Å². The highest BCUT2D eigenvalue weighted by molar-refractivity contribution is 5.98. The predicted molar refractivity (Wildman–Crippen MR) is 138 cm³/mol. The molecule has 35 heavy (non-hydrogen) atoms. The Morgan fingerprint density at radius 1 is 1.11 bits per heavy atom. The second-order valence-corrected chi connectivity index (χ2v) is 9.64. The first-order chi connectivity index (χ1) is 16.9. The van der Waals surface area contributed by atoms with Gasteiger partial charge in [0.05, 0.1) is 0 Å². The second kappa shape index (κ2) is 11.2. The molecular formula is C29H36N2O4. The molecule has 2 aliphatic heterocycles. The molecule has 2 atom stereocenters. The number of nitrogens with zero attached hydrogens (tertiary/aromatic N) is 2. The summed E-state index contributed by atoms with van der Waals surface area (Å²) in [4.78, 5) is 20.0. The van der Waals surface area contributed by atoms with E-state index >= 15 is 0 Å². The average Bonchev–Trinajstić information content (AvgIpc) is 3.37. The minimum absolute atomic E-state index is 0.374. The van der Waals surface area contributed by atoms with E-state index in [0.717, 1.165) is 55.1 Å². The largest absolute Gasteiger partial charge is 0.480 e. The Bertz CT molecular complexity index is 1090. The molecule has 6 nitrogen and oxygen atoms in total. The fourth-order valence-electron chi connectivity index (χ4n) is 5.27. The smallest absolute Gasteiger partial charge is 0.316 e. The van der Waals surface area contributed by atoms with Crippen LogP contribution in [0.25, 0.3) is 0 Å². The van der Waals surface area contributed by atoms with Crippen molar-refractivity contribution in [3.05, 3.63) is 71.4 Å². The van der Waals surface area contributed by atoms with Crippen LogP contribution in [-0.2, 0) is 11.2 Å². The Kier molecular flexibility index (Phi) is 8.04. The van der Waals surface area contributed by atoms with Crippen molar-refractivity contribution in [3.8, 4) is 11.5 Å². The third kappa shape index (κ3) is 5.49. The molecule has 1 fully saturated rings. The number of likely N-dealkylation sites (tertiary alicyclic amines) is 1. The summed E-state index contributed by atoms with van der Waals surface area (Å²) < 4.78 is 5.99. The molecular weight excluding hydrogens is 440 g/mol. The number of aliphatic imine (C=N–C) groups is 1. The van der Waals surface area contributed by atoms with Gasteiger partial charge in [-0.15, -0.1) is 0 Å². The summed E-state index contributed by atoms with van der Waals surface area (Å²) >= 11 is 0. The molecule has 2 aliphatic rings. The molecule has 0 bridgehead atoms. The SMILES string of the molecule is CCCC1=NC(Cc2cccc(Oc3ccccc3)c2)=C(C)C(CCN2CCCC2)(C(=O)O)C1O. The van der Waals surface area contributed by atoms with Gasteiger partial charge in [-0.1, -0.05) is 43.7 Å². The number of hydrogen-bond donors (Lipinski definition) is 2. The van der Waals surface area contributed by atoms with Gasteiger partial charge < -0.3 is 19.8 Å². The van der Waals surface area contributed by atoms with E-state index in [9.17, 15) is 15.0 Å². The maximum atomic E-state index is 12.8. The van der Waals surface area contributed by atoms with Crippen LogP contribution in [0, 0.1) is 5.41 Å². The lowest BCUT2D eigenvalue weighted by atomic mass is 9.68. The molecule has 0 aromatic heterocycles.